The van der Waals surface area contributed by atoms with E-state index in [1.165, 1.54) is 16.7 Å². The summed E-state index contributed by atoms with van der Waals surface area (Å²) >= 11 is 0. The third-order valence-electron chi connectivity index (χ3n) is 3.99. The average Bonchev–Trinajstić information content (AvgIpc) is 2.32. The van der Waals surface area contributed by atoms with Gasteiger partial charge in [0.2, 0.25) is 0 Å². The van der Waals surface area contributed by atoms with Crippen molar-refractivity contribution >= 4 is 0 Å². The minimum atomic E-state index is 0.280. The normalized spacial score (nSPS) is 26.4. The Morgan fingerprint density at radius 1 is 1.21 bits per heavy atom. The molecule has 0 aliphatic carbocycles. The summed E-state index contributed by atoms with van der Waals surface area (Å²) in [5, 5.41) is 0. The molecule has 1 aliphatic rings. The highest BCUT2D eigenvalue weighted by Crippen LogP contribution is 2.28. The molecule has 1 aliphatic heterocycles. The molecule has 0 bridgehead atoms. The molecule has 0 aromatic heterocycles. The number of morpholine rings is 1. The monoisotopic (exact) mass is 262 g/mol. The third-order valence-corrected chi connectivity index (χ3v) is 3.99. The fraction of sp³-hybridized carbons (Fsp3) is 0.625. The summed E-state index contributed by atoms with van der Waals surface area (Å²) in [6, 6.07) is 6.78. The van der Waals surface area contributed by atoms with Crippen LogP contribution in [0.3, 0.4) is 0 Å². The highest BCUT2D eigenvalue weighted by Gasteiger charge is 2.29. The van der Waals surface area contributed by atoms with Gasteiger partial charge < -0.3 is 10.5 Å². The zero-order chi connectivity index (χ0) is 14.0. The van der Waals surface area contributed by atoms with Crippen molar-refractivity contribution < 1.29 is 4.74 Å². The summed E-state index contributed by atoms with van der Waals surface area (Å²) in [4.78, 5) is 2.48. The standard InChI is InChI=1S/C16H26N2O/c1-11-6-5-7-12(2)16(11)15(8-17)18-9-13(3)19-14(4)10-18/h5-7,13-15H,8-10,17H2,1-4H3/t13-,14+,15?. The molecule has 106 valence electrons. The lowest BCUT2D eigenvalue weighted by atomic mass is 9.94. The number of rotatable bonds is 3. The topological polar surface area (TPSA) is 38.5 Å². The van der Waals surface area contributed by atoms with Gasteiger partial charge in [-0.2, -0.15) is 0 Å². The van der Waals surface area contributed by atoms with E-state index in [2.05, 4.69) is 50.8 Å². The lowest BCUT2D eigenvalue weighted by Crippen LogP contribution is -2.48. The SMILES string of the molecule is Cc1cccc(C)c1C(CN)N1C[C@@H](C)O[C@@H](C)C1. The number of nitrogens with zero attached hydrogens (tertiary/aromatic N) is 1. The lowest BCUT2D eigenvalue weighted by molar-refractivity contribution is -0.0800. The summed E-state index contributed by atoms with van der Waals surface area (Å²) in [6.45, 7) is 11.2. The Bertz CT molecular complexity index is 403. The van der Waals surface area contributed by atoms with Gasteiger partial charge in [-0.15, -0.1) is 0 Å². The Balaban J connectivity index is 2.29. The van der Waals surface area contributed by atoms with Crippen LogP contribution in [0.4, 0.5) is 0 Å². The Labute approximate surface area is 116 Å². The summed E-state index contributed by atoms with van der Waals surface area (Å²) in [6.07, 6.45) is 0.559. The van der Waals surface area contributed by atoms with E-state index in [1.54, 1.807) is 0 Å². The maximum Gasteiger partial charge on any atom is 0.0678 e. The van der Waals surface area contributed by atoms with Crippen molar-refractivity contribution in [1.82, 2.24) is 4.90 Å². The van der Waals surface area contributed by atoms with E-state index in [9.17, 15) is 0 Å². The molecule has 0 saturated carbocycles. The minimum absolute atomic E-state index is 0.280. The van der Waals surface area contributed by atoms with E-state index < -0.39 is 0 Å². The predicted octanol–water partition coefficient (Wildman–Crippen LogP) is 2.41. The Kier molecular flexibility index (Phi) is 4.61. The summed E-state index contributed by atoms with van der Waals surface area (Å²) < 4.78 is 5.82. The summed E-state index contributed by atoms with van der Waals surface area (Å²) in [5.74, 6) is 0. The molecule has 1 fully saturated rings. The molecule has 2 rings (SSSR count). The van der Waals surface area contributed by atoms with Crippen molar-refractivity contribution in [2.75, 3.05) is 19.6 Å². The first kappa shape index (κ1) is 14.5. The zero-order valence-electron chi connectivity index (χ0n) is 12.5. The number of hydrogen-bond acceptors (Lipinski definition) is 3. The zero-order valence-corrected chi connectivity index (χ0v) is 12.5. The van der Waals surface area contributed by atoms with Gasteiger partial charge in [0, 0.05) is 25.7 Å². The highest BCUT2D eigenvalue weighted by molar-refractivity contribution is 5.36. The number of nitrogens with two attached hydrogens (primary N) is 1. The van der Waals surface area contributed by atoms with Gasteiger partial charge in [-0.3, -0.25) is 4.90 Å². The molecule has 19 heavy (non-hydrogen) atoms. The molecule has 1 aromatic rings. The van der Waals surface area contributed by atoms with Gasteiger partial charge in [-0.05, 0) is 44.4 Å². The first-order valence-electron chi connectivity index (χ1n) is 7.18. The maximum absolute atomic E-state index is 6.08. The molecular formula is C16H26N2O. The van der Waals surface area contributed by atoms with Gasteiger partial charge in [0.15, 0.2) is 0 Å². The number of aryl methyl sites for hydroxylation is 2. The molecule has 1 heterocycles. The van der Waals surface area contributed by atoms with Crippen molar-refractivity contribution in [1.29, 1.82) is 0 Å². The van der Waals surface area contributed by atoms with E-state index in [0.717, 1.165) is 13.1 Å². The number of ether oxygens (including phenoxy) is 1. The van der Waals surface area contributed by atoms with Crippen LogP contribution in [0.1, 0.15) is 36.6 Å². The number of benzene rings is 1. The van der Waals surface area contributed by atoms with Crippen LogP contribution >= 0.6 is 0 Å². The van der Waals surface area contributed by atoms with Crippen molar-refractivity contribution in [3.63, 3.8) is 0 Å². The second-order valence-corrected chi connectivity index (χ2v) is 5.77. The molecule has 3 atom stereocenters. The van der Waals surface area contributed by atoms with Crippen LogP contribution in [0.5, 0.6) is 0 Å². The molecule has 1 aromatic carbocycles. The van der Waals surface area contributed by atoms with E-state index in [-0.39, 0.29) is 12.2 Å². The molecule has 0 spiro atoms. The van der Waals surface area contributed by atoms with E-state index in [4.69, 9.17) is 10.5 Å². The maximum atomic E-state index is 6.08. The largest absolute Gasteiger partial charge is 0.373 e. The van der Waals surface area contributed by atoms with E-state index in [0.29, 0.717) is 12.6 Å². The fourth-order valence-electron chi connectivity index (χ4n) is 3.27. The Hall–Kier alpha value is -0.900. The highest BCUT2D eigenvalue weighted by atomic mass is 16.5. The van der Waals surface area contributed by atoms with Crippen molar-refractivity contribution in [3.05, 3.63) is 34.9 Å². The van der Waals surface area contributed by atoms with Crippen LogP contribution in [-0.4, -0.2) is 36.7 Å². The Morgan fingerprint density at radius 2 is 1.74 bits per heavy atom. The van der Waals surface area contributed by atoms with E-state index >= 15 is 0 Å². The van der Waals surface area contributed by atoms with Crippen molar-refractivity contribution in [2.24, 2.45) is 5.73 Å². The Morgan fingerprint density at radius 3 is 2.21 bits per heavy atom. The van der Waals surface area contributed by atoms with Crippen LogP contribution in [-0.2, 0) is 4.74 Å². The van der Waals surface area contributed by atoms with Gasteiger partial charge in [-0.25, -0.2) is 0 Å². The molecule has 0 amide bonds. The van der Waals surface area contributed by atoms with Gasteiger partial charge in [-0.1, -0.05) is 18.2 Å². The quantitative estimate of drug-likeness (QED) is 0.909. The summed E-state index contributed by atoms with van der Waals surface area (Å²) in [5.41, 5.74) is 10.1. The van der Waals surface area contributed by atoms with Crippen LogP contribution in [0.15, 0.2) is 18.2 Å². The van der Waals surface area contributed by atoms with Crippen molar-refractivity contribution in [2.45, 2.75) is 45.9 Å². The first-order valence-corrected chi connectivity index (χ1v) is 7.18. The fourth-order valence-corrected chi connectivity index (χ4v) is 3.27. The minimum Gasteiger partial charge on any atom is -0.373 e. The molecule has 0 radical (unpaired) electrons. The van der Waals surface area contributed by atoms with Crippen LogP contribution in [0.2, 0.25) is 0 Å². The molecule has 1 saturated heterocycles. The average molecular weight is 262 g/mol. The van der Waals surface area contributed by atoms with Gasteiger partial charge in [0.05, 0.1) is 12.2 Å². The second kappa shape index (κ2) is 6.04. The first-order chi connectivity index (χ1) is 9.02. The van der Waals surface area contributed by atoms with Crippen molar-refractivity contribution in [3.8, 4) is 0 Å². The molecule has 3 nitrogen and oxygen atoms in total. The van der Waals surface area contributed by atoms with Crippen LogP contribution < -0.4 is 5.73 Å². The second-order valence-electron chi connectivity index (χ2n) is 5.77. The predicted molar refractivity (Wildman–Crippen MR) is 79.3 cm³/mol. The van der Waals surface area contributed by atoms with Gasteiger partial charge in [0.25, 0.3) is 0 Å². The van der Waals surface area contributed by atoms with E-state index in [1.807, 2.05) is 0 Å². The number of hydrogen-bond donors (Lipinski definition) is 1. The molecule has 1 unspecified atom stereocenters. The molecule has 2 N–H and O–H groups in total. The van der Waals surface area contributed by atoms with Gasteiger partial charge >= 0.3 is 0 Å². The van der Waals surface area contributed by atoms with Gasteiger partial charge in [0.1, 0.15) is 0 Å². The third kappa shape index (κ3) is 3.16. The summed E-state index contributed by atoms with van der Waals surface area (Å²) in [7, 11) is 0. The lowest BCUT2D eigenvalue weighted by Gasteiger charge is -2.40. The van der Waals surface area contributed by atoms with Crippen LogP contribution in [0, 0.1) is 13.8 Å². The molecular weight excluding hydrogens is 236 g/mol. The molecule has 3 heteroatoms. The smallest absolute Gasteiger partial charge is 0.0678 e. The van der Waals surface area contributed by atoms with Crippen LogP contribution in [0.25, 0.3) is 0 Å².